The maximum absolute atomic E-state index is 12.3. The van der Waals surface area contributed by atoms with E-state index in [4.69, 9.17) is 11.6 Å². The second kappa shape index (κ2) is 5.44. The summed E-state index contributed by atoms with van der Waals surface area (Å²) in [5.74, 6) is 0.164. The van der Waals surface area contributed by atoms with Crippen molar-refractivity contribution in [2.24, 2.45) is 0 Å². The number of likely N-dealkylation sites (N-methyl/N-ethyl adjacent to an activating group) is 1. The third-order valence-electron chi connectivity index (χ3n) is 3.05. The quantitative estimate of drug-likeness (QED) is 0.867. The zero-order valence-electron chi connectivity index (χ0n) is 10.8. The molecule has 0 unspecified atom stereocenters. The highest BCUT2D eigenvalue weighted by Crippen LogP contribution is 2.19. The van der Waals surface area contributed by atoms with E-state index in [-0.39, 0.29) is 29.1 Å². The van der Waals surface area contributed by atoms with Crippen molar-refractivity contribution >= 4 is 29.2 Å². The minimum absolute atomic E-state index is 0.0666. The molecule has 0 saturated carbocycles. The van der Waals surface area contributed by atoms with Gasteiger partial charge in [0.1, 0.15) is 18.1 Å². The van der Waals surface area contributed by atoms with E-state index < -0.39 is 0 Å². The van der Waals surface area contributed by atoms with Crippen LogP contribution in [0.15, 0.2) is 12.1 Å². The van der Waals surface area contributed by atoms with Crippen LogP contribution in [-0.4, -0.2) is 60.3 Å². The maximum Gasteiger partial charge on any atom is 0.274 e. The lowest BCUT2D eigenvalue weighted by molar-refractivity contribution is -0.133. The summed E-state index contributed by atoms with van der Waals surface area (Å²) in [5.41, 5.74) is 0.172. The van der Waals surface area contributed by atoms with Gasteiger partial charge in [-0.05, 0) is 12.1 Å². The fourth-order valence-electron chi connectivity index (χ4n) is 1.81. The summed E-state index contributed by atoms with van der Waals surface area (Å²) < 4.78 is 0. The molecule has 1 aromatic heterocycles. The van der Waals surface area contributed by atoms with Gasteiger partial charge in [0.25, 0.3) is 5.91 Å². The molecule has 102 valence electrons. The van der Waals surface area contributed by atoms with Crippen LogP contribution in [-0.2, 0) is 4.79 Å². The van der Waals surface area contributed by atoms with Gasteiger partial charge in [-0.15, -0.1) is 0 Å². The van der Waals surface area contributed by atoms with Crippen molar-refractivity contribution in [2.75, 3.05) is 39.0 Å². The first-order valence-electron chi connectivity index (χ1n) is 5.90. The van der Waals surface area contributed by atoms with Crippen molar-refractivity contribution in [1.29, 1.82) is 0 Å². The van der Waals surface area contributed by atoms with Crippen molar-refractivity contribution in [3.05, 3.63) is 22.8 Å². The van der Waals surface area contributed by atoms with Crippen molar-refractivity contribution in [2.45, 2.75) is 0 Å². The van der Waals surface area contributed by atoms with Crippen molar-refractivity contribution < 1.29 is 9.59 Å². The molecule has 19 heavy (non-hydrogen) atoms. The first kappa shape index (κ1) is 13.6. The monoisotopic (exact) mass is 282 g/mol. The lowest BCUT2D eigenvalue weighted by atomic mass is 10.2. The molecule has 0 spiro atoms. The third kappa shape index (κ3) is 2.78. The molecule has 1 aromatic rings. The number of nitrogens with zero attached hydrogens (tertiary/aromatic N) is 3. The highest BCUT2D eigenvalue weighted by Gasteiger charge is 2.27. The Labute approximate surface area is 116 Å². The van der Waals surface area contributed by atoms with Gasteiger partial charge in [-0.2, -0.15) is 0 Å². The third-order valence-corrected chi connectivity index (χ3v) is 3.35. The number of piperazine rings is 1. The Hall–Kier alpha value is -1.82. The van der Waals surface area contributed by atoms with Crippen LogP contribution in [0.5, 0.6) is 0 Å². The smallest absolute Gasteiger partial charge is 0.274 e. The highest BCUT2D eigenvalue weighted by atomic mass is 35.5. The zero-order valence-corrected chi connectivity index (χ0v) is 11.6. The van der Waals surface area contributed by atoms with Crippen LogP contribution in [0.3, 0.4) is 0 Å². The van der Waals surface area contributed by atoms with Crippen molar-refractivity contribution in [1.82, 2.24) is 14.8 Å². The van der Waals surface area contributed by atoms with Gasteiger partial charge in [0, 0.05) is 27.2 Å². The summed E-state index contributed by atoms with van der Waals surface area (Å²) >= 11 is 6.00. The number of rotatable bonds is 2. The van der Waals surface area contributed by atoms with Crippen LogP contribution in [0.2, 0.25) is 5.02 Å². The SMILES string of the molecule is CNc1ccc(Cl)c(C(=O)N2CCN(C)C(=O)C2)n1. The summed E-state index contributed by atoms with van der Waals surface area (Å²) in [4.78, 5) is 31.2. The van der Waals surface area contributed by atoms with E-state index in [1.807, 2.05) is 0 Å². The van der Waals surface area contributed by atoms with E-state index in [1.54, 1.807) is 31.1 Å². The largest absolute Gasteiger partial charge is 0.373 e. The number of hydrogen-bond acceptors (Lipinski definition) is 4. The number of carbonyl (C=O) groups is 2. The van der Waals surface area contributed by atoms with Crippen LogP contribution in [0.4, 0.5) is 5.82 Å². The first-order valence-corrected chi connectivity index (χ1v) is 6.28. The highest BCUT2D eigenvalue weighted by molar-refractivity contribution is 6.33. The predicted molar refractivity (Wildman–Crippen MR) is 72.3 cm³/mol. The summed E-state index contributed by atoms with van der Waals surface area (Å²) in [6, 6.07) is 3.31. The summed E-state index contributed by atoms with van der Waals surface area (Å²) in [7, 11) is 3.43. The number of hydrogen-bond donors (Lipinski definition) is 1. The number of amides is 2. The van der Waals surface area contributed by atoms with Crippen molar-refractivity contribution in [3.8, 4) is 0 Å². The molecular formula is C12H15ClN4O2. The molecule has 2 amide bonds. The van der Waals surface area contributed by atoms with E-state index >= 15 is 0 Å². The van der Waals surface area contributed by atoms with Crippen LogP contribution >= 0.6 is 11.6 Å². The number of pyridine rings is 1. The van der Waals surface area contributed by atoms with Gasteiger partial charge in [-0.1, -0.05) is 11.6 Å². The van der Waals surface area contributed by atoms with Gasteiger partial charge >= 0.3 is 0 Å². The summed E-state index contributed by atoms with van der Waals surface area (Å²) in [6.07, 6.45) is 0. The Balaban J connectivity index is 2.22. The molecule has 1 N–H and O–H groups in total. The van der Waals surface area contributed by atoms with Gasteiger partial charge in [0.05, 0.1) is 5.02 Å². The standard InChI is InChI=1S/C12H15ClN4O2/c1-14-9-4-3-8(13)11(15-9)12(19)17-6-5-16(2)10(18)7-17/h3-4H,5-7H2,1-2H3,(H,14,15). The lowest BCUT2D eigenvalue weighted by Crippen LogP contribution is -2.50. The van der Waals surface area contributed by atoms with Gasteiger partial charge in [0.15, 0.2) is 0 Å². The molecule has 1 aliphatic heterocycles. The molecular weight excluding hydrogens is 268 g/mol. The zero-order chi connectivity index (χ0) is 14.0. The fraction of sp³-hybridized carbons (Fsp3) is 0.417. The Bertz CT molecular complexity index is 520. The van der Waals surface area contributed by atoms with Crippen LogP contribution < -0.4 is 5.32 Å². The molecule has 2 rings (SSSR count). The molecule has 1 saturated heterocycles. The molecule has 0 atom stereocenters. The number of aromatic nitrogens is 1. The molecule has 0 aromatic carbocycles. The molecule has 1 aliphatic rings. The van der Waals surface area contributed by atoms with E-state index in [0.717, 1.165) is 0 Å². The van der Waals surface area contributed by atoms with Crippen molar-refractivity contribution in [3.63, 3.8) is 0 Å². The van der Waals surface area contributed by atoms with E-state index in [1.165, 1.54) is 4.90 Å². The normalized spacial score (nSPS) is 15.6. The second-order valence-corrected chi connectivity index (χ2v) is 4.73. The Morgan fingerprint density at radius 2 is 2.16 bits per heavy atom. The van der Waals surface area contributed by atoms with E-state index in [2.05, 4.69) is 10.3 Å². The number of halogens is 1. The molecule has 0 aliphatic carbocycles. The fourth-order valence-corrected chi connectivity index (χ4v) is 2.00. The molecule has 0 radical (unpaired) electrons. The molecule has 7 heteroatoms. The minimum atomic E-state index is -0.316. The minimum Gasteiger partial charge on any atom is -0.373 e. The van der Waals surface area contributed by atoms with E-state index in [0.29, 0.717) is 18.9 Å². The first-order chi connectivity index (χ1) is 9.02. The topological polar surface area (TPSA) is 65.5 Å². The molecule has 2 heterocycles. The average molecular weight is 283 g/mol. The maximum atomic E-state index is 12.3. The van der Waals surface area contributed by atoms with Gasteiger partial charge in [-0.25, -0.2) is 4.98 Å². The summed E-state index contributed by atoms with van der Waals surface area (Å²) in [5, 5.41) is 3.14. The lowest BCUT2D eigenvalue weighted by Gasteiger charge is -2.31. The molecule has 6 nitrogen and oxygen atoms in total. The van der Waals surface area contributed by atoms with Gasteiger partial charge in [0.2, 0.25) is 5.91 Å². The average Bonchev–Trinajstić information content (AvgIpc) is 2.41. The van der Waals surface area contributed by atoms with Gasteiger partial charge in [-0.3, -0.25) is 9.59 Å². The summed E-state index contributed by atoms with van der Waals surface area (Å²) in [6.45, 7) is 1.08. The number of anilines is 1. The Morgan fingerprint density at radius 3 is 2.79 bits per heavy atom. The number of nitrogens with one attached hydrogen (secondary N) is 1. The van der Waals surface area contributed by atoms with Gasteiger partial charge < -0.3 is 15.1 Å². The van der Waals surface area contributed by atoms with Crippen LogP contribution in [0, 0.1) is 0 Å². The van der Waals surface area contributed by atoms with Crippen LogP contribution in [0.1, 0.15) is 10.5 Å². The van der Waals surface area contributed by atoms with Crippen LogP contribution in [0.25, 0.3) is 0 Å². The predicted octanol–water partition coefficient (Wildman–Crippen LogP) is 0.691. The van der Waals surface area contributed by atoms with E-state index in [9.17, 15) is 9.59 Å². The Kier molecular flexibility index (Phi) is 3.90. The second-order valence-electron chi connectivity index (χ2n) is 4.32. The molecule has 1 fully saturated rings. The Morgan fingerprint density at radius 1 is 1.42 bits per heavy atom. The number of carbonyl (C=O) groups excluding carboxylic acids is 2. The molecule has 0 bridgehead atoms.